The van der Waals surface area contributed by atoms with Crippen molar-refractivity contribution in [2.24, 2.45) is 0 Å². The van der Waals surface area contributed by atoms with Gasteiger partial charge >= 0.3 is 0 Å². The van der Waals surface area contributed by atoms with Crippen molar-refractivity contribution in [3.8, 4) is 5.69 Å². The van der Waals surface area contributed by atoms with Gasteiger partial charge in [-0.25, -0.2) is 0 Å². The Morgan fingerprint density at radius 3 is 2.88 bits per heavy atom. The molecule has 0 aliphatic rings. The Bertz CT molecular complexity index is 442. The summed E-state index contributed by atoms with van der Waals surface area (Å²) in [5.41, 5.74) is 0.927. The fourth-order valence-corrected chi connectivity index (χ4v) is 1.42. The first kappa shape index (κ1) is 11.5. The molecule has 0 fully saturated rings. The summed E-state index contributed by atoms with van der Waals surface area (Å²) in [6.07, 6.45) is 0. The Labute approximate surface area is 99.6 Å². The highest BCUT2D eigenvalue weighted by molar-refractivity contribution is 5.38. The largest absolute Gasteiger partial charge is 0.380 e. The summed E-state index contributed by atoms with van der Waals surface area (Å²) in [6.45, 7) is 4.00. The quantitative estimate of drug-likeness (QED) is 0.757. The molecule has 1 heterocycles. The Hall–Kier alpha value is -1.95. The predicted molar refractivity (Wildman–Crippen MR) is 64.1 cm³/mol. The number of hydrogen-bond acceptors (Lipinski definition) is 5. The number of para-hydroxylation sites is 1. The van der Waals surface area contributed by atoms with E-state index in [4.69, 9.17) is 4.74 Å². The van der Waals surface area contributed by atoms with Crippen molar-refractivity contribution >= 4 is 5.95 Å². The van der Waals surface area contributed by atoms with Gasteiger partial charge in [0.1, 0.15) is 0 Å². The van der Waals surface area contributed by atoms with Gasteiger partial charge in [-0.2, -0.15) is 4.68 Å². The summed E-state index contributed by atoms with van der Waals surface area (Å²) in [7, 11) is 0. The monoisotopic (exact) mass is 233 g/mol. The average Bonchev–Trinajstić information content (AvgIpc) is 2.84. The van der Waals surface area contributed by atoms with Crippen LogP contribution in [0.4, 0.5) is 5.95 Å². The normalized spacial score (nSPS) is 10.4. The Morgan fingerprint density at radius 1 is 1.29 bits per heavy atom. The first-order chi connectivity index (χ1) is 8.42. The van der Waals surface area contributed by atoms with Gasteiger partial charge in [0.25, 0.3) is 0 Å². The maximum Gasteiger partial charge on any atom is 0.247 e. The first-order valence-corrected chi connectivity index (χ1v) is 5.57. The minimum absolute atomic E-state index is 0.621. The summed E-state index contributed by atoms with van der Waals surface area (Å²) < 4.78 is 6.90. The van der Waals surface area contributed by atoms with Crippen LogP contribution >= 0.6 is 0 Å². The molecule has 0 spiro atoms. The molecular formula is C11H15N5O. The Balaban J connectivity index is 2.02. The van der Waals surface area contributed by atoms with Gasteiger partial charge in [0.15, 0.2) is 0 Å². The van der Waals surface area contributed by atoms with Crippen LogP contribution in [0.15, 0.2) is 30.3 Å². The smallest absolute Gasteiger partial charge is 0.247 e. The highest BCUT2D eigenvalue weighted by atomic mass is 16.5. The van der Waals surface area contributed by atoms with Crippen LogP contribution in [0.5, 0.6) is 0 Å². The van der Waals surface area contributed by atoms with Gasteiger partial charge < -0.3 is 10.1 Å². The zero-order valence-electron chi connectivity index (χ0n) is 9.71. The molecule has 0 aliphatic carbocycles. The van der Waals surface area contributed by atoms with E-state index in [1.807, 2.05) is 37.3 Å². The summed E-state index contributed by atoms with van der Waals surface area (Å²) in [6, 6.07) is 9.74. The van der Waals surface area contributed by atoms with Gasteiger partial charge in [0.05, 0.1) is 12.3 Å². The highest BCUT2D eigenvalue weighted by Gasteiger charge is 2.06. The number of benzene rings is 1. The van der Waals surface area contributed by atoms with Gasteiger partial charge in [-0.05, 0) is 29.5 Å². The Kier molecular flexibility index (Phi) is 4.04. The molecule has 1 N–H and O–H groups in total. The minimum Gasteiger partial charge on any atom is -0.380 e. The third-order valence-electron chi connectivity index (χ3n) is 2.20. The SMILES string of the molecule is CCOCCNc1nnnn1-c1ccccc1. The molecule has 0 radical (unpaired) electrons. The topological polar surface area (TPSA) is 64.9 Å². The standard InChI is InChI=1S/C11H15N5O/c1-2-17-9-8-12-11-13-14-15-16(11)10-6-4-3-5-7-10/h3-7H,2,8-9H2,1H3,(H,12,13,15). The molecule has 1 aromatic heterocycles. The number of anilines is 1. The summed E-state index contributed by atoms with van der Waals surface area (Å²) in [5.74, 6) is 0.621. The molecule has 0 atom stereocenters. The Morgan fingerprint density at radius 2 is 2.12 bits per heavy atom. The number of tetrazole rings is 1. The molecule has 17 heavy (non-hydrogen) atoms. The third kappa shape index (κ3) is 3.01. The van der Waals surface area contributed by atoms with E-state index in [-0.39, 0.29) is 0 Å². The lowest BCUT2D eigenvalue weighted by molar-refractivity contribution is 0.158. The van der Waals surface area contributed by atoms with Crippen LogP contribution in [0, 0.1) is 0 Å². The van der Waals surface area contributed by atoms with Crippen molar-refractivity contribution in [2.75, 3.05) is 25.1 Å². The fraction of sp³-hybridized carbons (Fsp3) is 0.364. The lowest BCUT2D eigenvalue weighted by atomic mass is 10.3. The molecule has 2 rings (SSSR count). The van der Waals surface area contributed by atoms with E-state index in [1.165, 1.54) is 0 Å². The molecule has 0 amide bonds. The molecule has 0 unspecified atom stereocenters. The van der Waals surface area contributed by atoms with Gasteiger partial charge in [-0.1, -0.05) is 23.3 Å². The molecule has 2 aromatic rings. The second-order valence-corrected chi connectivity index (χ2v) is 3.37. The molecule has 1 aromatic carbocycles. The van der Waals surface area contributed by atoms with Gasteiger partial charge in [-0.3, -0.25) is 0 Å². The molecule has 0 aliphatic heterocycles. The van der Waals surface area contributed by atoms with Crippen LogP contribution in [0.1, 0.15) is 6.92 Å². The number of nitrogens with zero attached hydrogens (tertiary/aromatic N) is 4. The number of ether oxygens (including phenoxy) is 1. The lowest BCUT2D eigenvalue weighted by Gasteiger charge is -2.06. The van der Waals surface area contributed by atoms with E-state index in [2.05, 4.69) is 20.8 Å². The maximum atomic E-state index is 5.24. The van der Waals surface area contributed by atoms with Crippen molar-refractivity contribution in [2.45, 2.75) is 6.92 Å². The number of aromatic nitrogens is 4. The van der Waals surface area contributed by atoms with E-state index in [0.717, 1.165) is 5.69 Å². The average molecular weight is 233 g/mol. The lowest BCUT2D eigenvalue weighted by Crippen LogP contribution is -2.13. The highest BCUT2D eigenvalue weighted by Crippen LogP contribution is 2.09. The molecular weight excluding hydrogens is 218 g/mol. The van der Waals surface area contributed by atoms with E-state index in [1.54, 1.807) is 4.68 Å². The molecule has 90 valence electrons. The number of nitrogens with one attached hydrogen (secondary N) is 1. The number of hydrogen-bond donors (Lipinski definition) is 1. The maximum absolute atomic E-state index is 5.24. The molecule has 0 bridgehead atoms. The second kappa shape index (κ2) is 5.95. The van der Waals surface area contributed by atoms with Crippen LogP contribution in [-0.2, 0) is 4.74 Å². The van der Waals surface area contributed by atoms with E-state index in [9.17, 15) is 0 Å². The van der Waals surface area contributed by atoms with Gasteiger partial charge in [0, 0.05) is 13.2 Å². The van der Waals surface area contributed by atoms with Gasteiger partial charge in [0.2, 0.25) is 5.95 Å². The fourth-order valence-electron chi connectivity index (χ4n) is 1.42. The van der Waals surface area contributed by atoms with E-state index < -0.39 is 0 Å². The zero-order valence-corrected chi connectivity index (χ0v) is 9.71. The predicted octanol–water partition coefficient (Wildman–Crippen LogP) is 1.11. The third-order valence-corrected chi connectivity index (χ3v) is 2.20. The zero-order chi connectivity index (χ0) is 11.9. The van der Waals surface area contributed by atoms with Crippen molar-refractivity contribution in [1.82, 2.24) is 20.2 Å². The van der Waals surface area contributed by atoms with Crippen LogP contribution in [0.2, 0.25) is 0 Å². The van der Waals surface area contributed by atoms with Crippen LogP contribution in [-0.4, -0.2) is 40.0 Å². The second-order valence-electron chi connectivity index (χ2n) is 3.37. The molecule has 0 saturated carbocycles. The summed E-state index contributed by atoms with van der Waals surface area (Å²) in [4.78, 5) is 0. The van der Waals surface area contributed by atoms with Crippen molar-refractivity contribution in [3.63, 3.8) is 0 Å². The first-order valence-electron chi connectivity index (χ1n) is 5.57. The van der Waals surface area contributed by atoms with Crippen LogP contribution < -0.4 is 5.32 Å². The molecule has 6 heteroatoms. The van der Waals surface area contributed by atoms with Crippen molar-refractivity contribution in [3.05, 3.63) is 30.3 Å². The molecule has 6 nitrogen and oxygen atoms in total. The van der Waals surface area contributed by atoms with Crippen LogP contribution in [0.3, 0.4) is 0 Å². The molecule has 0 saturated heterocycles. The van der Waals surface area contributed by atoms with Crippen molar-refractivity contribution in [1.29, 1.82) is 0 Å². The van der Waals surface area contributed by atoms with E-state index >= 15 is 0 Å². The van der Waals surface area contributed by atoms with Crippen LogP contribution in [0.25, 0.3) is 5.69 Å². The van der Waals surface area contributed by atoms with Gasteiger partial charge in [-0.15, -0.1) is 0 Å². The van der Waals surface area contributed by atoms with Crippen molar-refractivity contribution < 1.29 is 4.74 Å². The summed E-state index contributed by atoms with van der Waals surface area (Å²) >= 11 is 0. The summed E-state index contributed by atoms with van der Waals surface area (Å²) in [5, 5.41) is 14.6. The van der Waals surface area contributed by atoms with E-state index in [0.29, 0.717) is 25.7 Å². The minimum atomic E-state index is 0.621. The number of rotatable bonds is 6.